The quantitative estimate of drug-likeness (QED) is 0.844. The largest absolute Gasteiger partial charge is 0.293 e. The lowest BCUT2D eigenvalue weighted by molar-refractivity contribution is 0.204. The summed E-state index contributed by atoms with van der Waals surface area (Å²) in [7, 11) is -3.16. The highest BCUT2D eigenvalue weighted by Gasteiger charge is 2.21. The van der Waals surface area contributed by atoms with Crippen molar-refractivity contribution in [1.82, 2.24) is 19.4 Å². The monoisotopic (exact) mass is 311 g/mol. The molecule has 8 heteroatoms. The molecule has 1 aromatic heterocycles. The molecule has 1 aliphatic rings. The number of fused-ring (bicyclic) bond motifs is 1. The van der Waals surface area contributed by atoms with E-state index in [1.807, 2.05) is 11.6 Å². The molecule has 0 radical (unpaired) electrons. The van der Waals surface area contributed by atoms with Gasteiger partial charge in [-0.1, -0.05) is 0 Å². The molecule has 0 spiro atoms. The molecular weight excluding hydrogens is 290 g/mol. The van der Waals surface area contributed by atoms with Crippen molar-refractivity contribution in [1.29, 1.82) is 5.26 Å². The fourth-order valence-electron chi connectivity index (χ4n) is 2.40. The highest BCUT2D eigenvalue weighted by atomic mass is 32.2. The number of hydrogen-bond donors (Lipinski definition) is 1. The van der Waals surface area contributed by atoms with Gasteiger partial charge in [0.2, 0.25) is 10.0 Å². The molecule has 1 aliphatic heterocycles. The zero-order valence-corrected chi connectivity index (χ0v) is 13.2. The summed E-state index contributed by atoms with van der Waals surface area (Å²) in [5.41, 5.74) is 1.44. The van der Waals surface area contributed by atoms with Gasteiger partial charge in [-0.2, -0.15) is 10.4 Å². The van der Waals surface area contributed by atoms with E-state index in [0.29, 0.717) is 18.8 Å². The summed E-state index contributed by atoms with van der Waals surface area (Å²) in [6, 6.07) is 3.96. The first-order chi connectivity index (χ1) is 9.95. The van der Waals surface area contributed by atoms with Crippen LogP contribution in [0.2, 0.25) is 0 Å². The molecule has 0 saturated heterocycles. The molecule has 0 saturated carbocycles. The molecule has 2 heterocycles. The van der Waals surface area contributed by atoms with Crippen LogP contribution in [0.5, 0.6) is 0 Å². The number of aromatic nitrogens is 2. The number of nitriles is 1. The van der Waals surface area contributed by atoms with Crippen molar-refractivity contribution in [2.75, 3.05) is 18.8 Å². The number of aryl methyl sites for hydroxylation is 1. The Labute approximate surface area is 125 Å². The van der Waals surface area contributed by atoms with Gasteiger partial charge in [0.25, 0.3) is 0 Å². The lowest BCUT2D eigenvalue weighted by Gasteiger charge is -2.27. The topological polar surface area (TPSA) is 91.0 Å². The van der Waals surface area contributed by atoms with E-state index in [4.69, 9.17) is 5.26 Å². The summed E-state index contributed by atoms with van der Waals surface area (Å²) in [6.07, 6.45) is 0.935. The third-order valence-electron chi connectivity index (χ3n) is 3.76. The van der Waals surface area contributed by atoms with Gasteiger partial charge in [0.05, 0.1) is 11.4 Å². The second-order valence-corrected chi connectivity index (χ2v) is 7.38. The summed E-state index contributed by atoms with van der Waals surface area (Å²) >= 11 is 0. The average Bonchev–Trinajstić information content (AvgIpc) is 2.76. The molecule has 0 aliphatic carbocycles. The van der Waals surface area contributed by atoms with Crippen LogP contribution >= 0.6 is 0 Å². The molecule has 0 fully saturated rings. The van der Waals surface area contributed by atoms with Crippen LogP contribution in [0.1, 0.15) is 31.7 Å². The van der Waals surface area contributed by atoms with Crippen molar-refractivity contribution in [2.24, 2.45) is 0 Å². The van der Waals surface area contributed by atoms with Crippen molar-refractivity contribution in [3.63, 3.8) is 0 Å². The van der Waals surface area contributed by atoms with Gasteiger partial charge in [-0.25, -0.2) is 13.1 Å². The molecule has 1 N–H and O–H groups in total. The van der Waals surface area contributed by atoms with Crippen LogP contribution in [0.4, 0.5) is 0 Å². The predicted molar refractivity (Wildman–Crippen MR) is 78.9 cm³/mol. The molecule has 116 valence electrons. The van der Waals surface area contributed by atoms with Crippen LogP contribution in [0.25, 0.3) is 0 Å². The van der Waals surface area contributed by atoms with E-state index < -0.39 is 10.0 Å². The van der Waals surface area contributed by atoms with Crippen LogP contribution in [0.3, 0.4) is 0 Å². The zero-order chi connectivity index (χ0) is 15.5. The summed E-state index contributed by atoms with van der Waals surface area (Å²) in [5, 5.41) is 13.2. The summed E-state index contributed by atoms with van der Waals surface area (Å²) in [4.78, 5) is 2.22. The average molecular weight is 311 g/mol. The van der Waals surface area contributed by atoms with Crippen LogP contribution in [0, 0.1) is 11.3 Å². The number of rotatable bonds is 5. The van der Waals surface area contributed by atoms with Crippen LogP contribution in [0.15, 0.2) is 6.07 Å². The minimum absolute atomic E-state index is 0.0953. The van der Waals surface area contributed by atoms with E-state index in [1.165, 1.54) is 0 Å². The van der Waals surface area contributed by atoms with E-state index in [1.54, 1.807) is 13.0 Å². The molecular formula is C13H21N5O2S. The highest BCUT2D eigenvalue weighted by Crippen LogP contribution is 2.15. The van der Waals surface area contributed by atoms with Crippen molar-refractivity contribution >= 4 is 10.0 Å². The molecule has 21 heavy (non-hydrogen) atoms. The predicted octanol–water partition coefficient (Wildman–Crippen LogP) is 0.288. The summed E-state index contributed by atoms with van der Waals surface area (Å²) in [6.45, 7) is 6.40. The lowest BCUT2D eigenvalue weighted by Crippen LogP contribution is -2.42. The SMILES string of the molecule is CCS(=O)(=O)NC[C@H](C)N1CCCn2nc(C#N)cc2C1. The Morgan fingerprint density at radius 3 is 2.95 bits per heavy atom. The van der Waals surface area contributed by atoms with Crippen LogP contribution in [-0.4, -0.2) is 48.0 Å². The number of sulfonamides is 1. The Hall–Kier alpha value is -1.43. The fraction of sp³-hybridized carbons (Fsp3) is 0.692. The maximum atomic E-state index is 11.5. The molecule has 1 aromatic rings. The Bertz CT molecular complexity index is 631. The van der Waals surface area contributed by atoms with Gasteiger partial charge in [-0.15, -0.1) is 0 Å². The van der Waals surface area contributed by atoms with Crippen molar-refractivity contribution < 1.29 is 8.42 Å². The Balaban J connectivity index is 2.02. The van der Waals surface area contributed by atoms with Crippen LogP contribution in [-0.2, 0) is 23.1 Å². The fourth-order valence-corrected chi connectivity index (χ4v) is 3.10. The molecule has 7 nitrogen and oxygen atoms in total. The van der Waals surface area contributed by atoms with E-state index in [2.05, 4.69) is 20.8 Å². The highest BCUT2D eigenvalue weighted by molar-refractivity contribution is 7.89. The van der Waals surface area contributed by atoms with E-state index >= 15 is 0 Å². The third kappa shape index (κ3) is 4.03. The second-order valence-electron chi connectivity index (χ2n) is 5.28. The maximum Gasteiger partial charge on any atom is 0.211 e. The smallest absolute Gasteiger partial charge is 0.211 e. The first-order valence-corrected chi connectivity index (χ1v) is 8.78. The first-order valence-electron chi connectivity index (χ1n) is 7.13. The van der Waals surface area contributed by atoms with Gasteiger partial charge in [0.1, 0.15) is 6.07 Å². The van der Waals surface area contributed by atoms with Gasteiger partial charge in [-0.05, 0) is 26.3 Å². The first kappa shape index (κ1) is 15.9. The lowest BCUT2D eigenvalue weighted by atomic mass is 10.2. The minimum atomic E-state index is -3.16. The van der Waals surface area contributed by atoms with Gasteiger partial charge >= 0.3 is 0 Å². The number of nitrogens with one attached hydrogen (secondary N) is 1. The normalized spacial score (nSPS) is 17.8. The van der Waals surface area contributed by atoms with Gasteiger partial charge in [0.15, 0.2) is 5.69 Å². The van der Waals surface area contributed by atoms with Crippen molar-refractivity contribution in [3.8, 4) is 6.07 Å². The second kappa shape index (κ2) is 6.56. The van der Waals surface area contributed by atoms with Crippen LogP contribution < -0.4 is 4.72 Å². The molecule has 0 aromatic carbocycles. The standard InChI is InChI=1S/C13H21N5O2S/c1-3-21(19,20)15-9-11(2)17-5-4-6-18-13(10-17)7-12(8-14)16-18/h7,11,15H,3-6,9-10H2,1-2H3/t11-/m0/s1. The van der Waals surface area contributed by atoms with E-state index in [-0.39, 0.29) is 11.8 Å². The summed E-state index contributed by atoms with van der Waals surface area (Å²) < 4.78 is 27.5. The third-order valence-corrected chi connectivity index (χ3v) is 5.13. The van der Waals surface area contributed by atoms with E-state index in [9.17, 15) is 8.42 Å². The van der Waals surface area contributed by atoms with Gasteiger partial charge in [-0.3, -0.25) is 9.58 Å². The van der Waals surface area contributed by atoms with E-state index in [0.717, 1.165) is 25.2 Å². The Morgan fingerprint density at radius 2 is 2.29 bits per heavy atom. The zero-order valence-electron chi connectivity index (χ0n) is 12.4. The summed E-state index contributed by atoms with van der Waals surface area (Å²) in [5.74, 6) is 0.0953. The Kier molecular flexibility index (Phi) is 4.98. The van der Waals surface area contributed by atoms with Gasteiger partial charge < -0.3 is 0 Å². The van der Waals surface area contributed by atoms with Gasteiger partial charge in [0, 0.05) is 32.2 Å². The van der Waals surface area contributed by atoms with Crippen molar-refractivity contribution in [3.05, 3.63) is 17.5 Å². The molecule has 2 rings (SSSR count). The molecule has 0 bridgehead atoms. The molecule has 0 amide bonds. The molecule has 0 unspecified atom stereocenters. The minimum Gasteiger partial charge on any atom is -0.293 e. The Morgan fingerprint density at radius 1 is 1.52 bits per heavy atom. The number of hydrogen-bond acceptors (Lipinski definition) is 5. The number of nitrogens with zero attached hydrogens (tertiary/aromatic N) is 4. The maximum absolute atomic E-state index is 11.5. The van der Waals surface area contributed by atoms with Crippen molar-refractivity contribution in [2.45, 2.75) is 39.4 Å². The molecule has 1 atom stereocenters.